The molecule has 1 saturated carbocycles. The second kappa shape index (κ2) is 6.54. The van der Waals surface area contributed by atoms with Gasteiger partial charge in [-0.1, -0.05) is 12.8 Å². The molecule has 0 atom stereocenters. The highest BCUT2D eigenvalue weighted by Gasteiger charge is 2.19. The summed E-state index contributed by atoms with van der Waals surface area (Å²) in [6.45, 7) is 3.56. The highest BCUT2D eigenvalue weighted by molar-refractivity contribution is 5.55. The van der Waals surface area contributed by atoms with Crippen molar-refractivity contribution >= 4 is 17.3 Å². The minimum absolute atomic E-state index is 0.0872. The third-order valence-corrected chi connectivity index (χ3v) is 3.76. The fourth-order valence-electron chi connectivity index (χ4n) is 2.75. The van der Waals surface area contributed by atoms with E-state index < -0.39 is 0 Å². The normalized spacial score (nSPS) is 15.3. The summed E-state index contributed by atoms with van der Waals surface area (Å²) in [6, 6.07) is 3.03. The SMILES string of the molecule is CCNc1cc([N+](=O)[O-])cc(N(C)CC2CCCC2)n1. The average Bonchev–Trinajstić information content (AvgIpc) is 2.91. The molecule has 6 heteroatoms. The molecule has 1 aromatic rings. The lowest BCUT2D eigenvalue weighted by molar-refractivity contribution is -0.384. The van der Waals surface area contributed by atoms with Crippen LogP contribution in [0.25, 0.3) is 0 Å². The largest absolute Gasteiger partial charge is 0.370 e. The number of nitro groups is 1. The van der Waals surface area contributed by atoms with Gasteiger partial charge in [0.05, 0.1) is 17.1 Å². The Morgan fingerprint density at radius 1 is 1.45 bits per heavy atom. The Balaban J connectivity index is 2.17. The lowest BCUT2D eigenvalue weighted by Gasteiger charge is -2.22. The van der Waals surface area contributed by atoms with Gasteiger partial charge in [0.15, 0.2) is 0 Å². The molecule has 110 valence electrons. The molecule has 2 rings (SSSR count). The Morgan fingerprint density at radius 3 is 2.75 bits per heavy atom. The van der Waals surface area contributed by atoms with Crippen molar-refractivity contribution in [1.82, 2.24) is 4.98 Å². The zero-order valence-electron chi connectivity index (χ0n) is 12.1. The third-order valence-electron chi connectivity index (χ3n) is 3.76. The highest BCUT2D eigenvalue weighted by atomic mass is 16.6. The molecule has 1 aliphatic rings. The van der Waals surface area contributed by atoms with Gasteiger partial charge in [-0.2, -0.15) is 0 Å². The average molecular weight is 278 g/mol. The predicted octanol–water partition coefficient (Wildman–Crippen LogP) is 3.05. The Morgan fingerprint density at radius 2 is 2.15 bits per heavy atom. The summed E-state index contributed by atoms with van der Waals surface area (Å²) in [5.41, 5.74) is 0.0872. The van der Waals surface area contributed by atoms with E-state index in [9.17, 15) is 10.1 Å². The first kappa shape index (κ1) is 14.6. The van der Waals surface area contributed by atoms with Gasteiger partial charge in [0.2, 0.25) is 0 Å². The van der Waals surface area contributed by atoms with Gasteiger partial charge < -0.3 is 10.2 Å². The maximum atomic E-state index is 11.0. The first-order chi connectivity index (χ1) is 9.60. The minimum atomic E-state index is -0.366. The van der Waals surface area contributed by atoms with Gasteiger partial charge in [-0.15, -0.1) is 0 Å². The van der Waals surface area contributed by atoms with Crippen LogP contribution in [-0.4, -0.2) is 30.0 Å². The van der Waals surface area contributed by atoms with Crippen LogP contribution >= 0.6 is 0 Å². The molecule has 1 heterocycles. The molecule has 0 unspecified atom stereocenters. The van der Waals surface area contributed by atoms with Crippen molar-refractivity contribution < 1.29 is 4.92 Å². The van der Waals surface area contributed by atoms with Crippen LogP contribution in [0.2, 0.25) is 0 Å². The first-order valence-electron chi connectivity index (χ1n) is 7.21. The van der Waals surface area contributed by atoms with E-state index in [0.29, 0.717) is 24.1 Å². The van der Waals surface area contributed by atoms with Gasteiger partial charge in [0.25, 0.3) is 5.69 Å². The Labute approximate surface area is 119 Å². The van der Waals surface area contributed by atoms with E-state index in [2.05, 4.69) is 10.3 Å². The summed E-state index contributed by atoms with van der Waals surface area (Å²) in [5.74, 6) is 1.92. The van der Waals surface area contributed by atoms with E-state index in [4.69, 9.17) is 0 Å². The van der Waals surface area contributed by atoms with Crippen LogP contribution in [-0.2, 0) is 0 Å². The monoisotopic (exact) mass is 278 g/mol. The van der Waals surface area contributed by atoms with Gasteiger partial charge >= 0.3 is 0 Å². The predicted molar refractivity (Wildman–Crippen MR) is 80.3 cm³/mol. The number of nitrogens with one attached hydrogen (secondary N) is 1. The lowest BCUT2D eigenvalue weighted by atomic mass is 10.1. The Kier molecular flexibility index (Phi) is 4.76. The van der Waals surface area contributed by atoms with Crippen LogP contribution in [0.4, 0.5) is 17.3 Å². The number of pyridine rings is 1. The van der Waals surface area contributed by atoms with E-state index in [1.165, 1.54) is 31.7 Å². The van der Waals surface area contributed by atoms with Crippen molar-refractivity contribution in [2.24, 2.45) is 5.92 Å². The quantitative estimate of drug-likeness (QED) is 0.639. The molecule has 1 N–H and O–H groups in total. The highest BCUT2D eigenvalue weighted by Crippen LogP contribution is 2.28. The minimum Gasteiger partial charge on any atom is -0.370 e. The van der Waals surface area contributed by atoms with E-state index in [-0.39, 0.29) is 10.6 Å². The first-order valence-corrected chi connectivity index (χ1v) is 7.21. The van der Waals surface area contributed by atoms with E-state index in [1.807, 2.05) is 18.9 Å². The summed E-state index contributed by atoms with van der Waals surface area (Å²) >= 11 is 0. The molecule has 0 aliphatic heterocycles. The fourth-order valence-corrected chi connectivity index (χ4v) is 2.75. The number of nitrogens with zero attached hydrogens (tertiary/aromatic N) is 3. The van der Waals surface area contributed by atoms with Crippen molar-refractivity contribution in [3.63, 3.8) is 0 Å². The van der Waals surface area contributed by atoms with E-state index in [1.54, 1.807) is 6.07 Å². The molecular formula is C14H22N4O2. The Hall–Kier alpha value is -1.85. The van der Waals surface area contributed by atoms with Gasteiger partial charge in [-0.05, 0) is 25.7 Å². The number of hydrogen-bond acceptors (Lipinski definition) is 5. The van der Waals surface area contributed by atoms with Crippen LogP contribution in [0, 0.1) is 16.0 Å². The van der Waals surface area contributed by atoms with Gasteiger partial charge in [0, 0.05) is 20.1 Å². The van der Waals surface area contributed by atoms with Crippen LogP contribution in [0.15, 0.2) is 12.1 Å². The molecule has 0 spiro atoms. The molecule has 0 radical (unpaired) electrons. The van der Waals surface area contributed by atoms with Gasteiger partial charge in [-0.25, -0.2) is 4.98 Å². The molecule has 0 bridgehead atoms. The molecule has 20 heavy (non-hydrogen) atoms. The second-order valence-corrected chi connectivity index (χ2v) is 5.39. The van der Waals surface area contributed by atoms with E-state index in [0.717, 1.165) is 6.54 Å². The van der Waals surface area contributed by atoms with Crippen molar-refractivity contribution in [2.45, 2.75) is 32.6 Å². The summed E-state index contributed by atoms with van der Waals surface area (Å²) in [4.78, 5) is 17.1. The van der Waals surface area contributed by atoms with Crippen LogP contribution in [0.1, 0.15) is 32.6 Å². The molecule has 0 aromatic carbocycles. The maximum Gasteiger partial charge on any atom is 0.276 e. The van der Waals surface area contributed by atoms with Crippen LogP contribution < -0.4 is 10.2 Å². The third kappa shape index (κ3) is 3.59. The smallest absolute Gasteiger partial charge is 0.276 e. The number of rotatable bonds is 6. The summed E-state index contributed by atoms with van der Waals surface area (Å²) in [7, 11) is 1.96. The number of hydrogen-bond donors (Lipinski definition) is 1. The summed E-state index contributed by atoms with van der Waals surface area (Å²) < 4.78 is 0. The molecule has 0 amide bonds. The standard InChI is InChI=1S/C14H22N4O2/c1-3-15-13-8-12(18(19)20)9-14(16-13)17(2)10-11-6-4-5-7-11/h8-9,11H,3-7,10H2,1-2H3,(H,15,16). The van der Waals surface area contributed by atoms with Crippen molar-refractivity contribution in [2.75, 3.05) is 30.4 Å². The summed E-state index contributed by atoms with van der Waals surface area (Å²) in [5, 5.41) is 14.1. The second-order valence-electron chi connectivity index (χ2n) is 5.39. The number of aromatic nitrogens is 1. The molecule has 0 saturated heterocycles. The molecule has 1 fully saturated rings. The Bertz CT molecular complexity index is 472. The molecule has 1 aromatic heterocycles. The zero-order chi connectivity index (χ0) is 14.5. The zero-order valence-corrected chi connectivity index (χ0v) is 12.1. The molecule has 6 nitrogen and oxygen atoms in total. The molecular weight excluding hydrogens is 256 g/mol. The van der Waals surface area contributed by atoms with Crippen LogP contribution in [0.3, 0.4) is 0 Å². The van der Waals surface area contributed by atoms with Crippen molar-refractivity contribution in [1.29, 1.82) is 0 Å². The topological polar surface area (TPSA) is 71.3 Å². The van der Waals surface area contributed by atoms with Gasteiger partial charge in [-0.3, -0.25) is 10.1 Å². The molecule has 1 aliphatic carbocycles. The van der Waals surface area contributed by atoms with E-state index >= 15 is 0 Å². The van der Waals surface area contributed by atoms with Crippen molar-refractivity contribution in [3.05, 3.63) is 22.2 Å². The lowest BCUT2D eigenvalue weighted by Crippen LogP contribution is -2.25. The number of anilines is 2. The van der Waals surface area contributed by atoms with Crippen molar-refractivity contribution in [3.8, 4) is 0 Å². The maximum absolute atomic E-state index is 11.0. The fraction of sp³-hybridized carbons (Fsp3) is 0.643. The summed E-state index contributed by atoms with van der Waals surface area (Å²) in [6.07, 6.45) is 5.09. The van der Waals surface area contributed by atoms with Crippen LogP contribution in [0.5, 0.6) is 0 Å². The van der Waals surface area contributed by atoms with Gasteiger partial charge in [0.1, 0.15) is 11.6 Å².